The molecule has 3 aliphatic rings. The van der Waals surface area contributed by atoms with Crippen molar-refractivity contribution in [1.29, 1.82) is 0 Å². The molecule has 0 aromatic heterocycles. The number of aliphatic hydroxyl groups is 1. The zero-order valence-electron chi connectivity index (χ0n) is 30.1. The smallest absolute Gasteiger partial charge is 0.313 e. The van der Waals surface area contributed by atoms with Crippen molar-refractivity contribution in [2.24, 2.45) is 11.8 Å². The van der Waals surface area contributed by atoms with Gasteiger partial charge in [0.1, 0.15) is 17.7 Å². The van der Waals surface area contributed by atoms with Gasteiger partial charge in [0, 0.05) is 38.9 Å². The van der Waals surface area contributed by atoms with Crippen LogP contribution in [0.15, 0.2) is 98.1 Å². The van der Waals surface area contributed by atoms with Gasteiger partial charge in [0.05, 0.1) is 24.0 Å². The molecule has 1 spiro atoms. The van der Waals surface area contributed by atoms with Crippen molar-refractivity contribution in [3.63, 3.8) is 0 Å². The van der Waals surface area contributed by atoms with E-state index in [2.05, 4.69) is 13.2 Å². The van der Waals surface area contributed by atoms with Gasteiger partial charge in [-0.25, -0.2) is 0 Å². The molecule has 3 aromatic carbocycles. The average molecular weight is 708 g/mol. The molecule has 3 aliphatic heterocycles. The van der Waals surface area contributed by atoms with Crippen LogP contribution in [0.2, 0.25) is 0 Å². The summed E-state index contributed by atoms with van der Waals surface area (Å²) >= 11 is 0. The molecular formula is C42H49N3O7. The van der Waals surface area contributed by atoms with Crippen molar-refractivity contribution in [2.75, 3.05) is 31.6 Å². The lowest BCUT2D eigenvalue weighted by molar-refractivity contribution is -0.164. The first-order chi connectivity index (χ1) is 25.2. The molecule has 52 heavy (non-hydrogen) atoms. The van der Waals surface area contributed by atoms with Gasteiger partial charge in [-0.05, 0) is 67.5 Å². The third kappa shape index (κ3) is 6.77. The maximum atomic E-state index is 14.9. The van der Waals surface area contributed by atoms with Crippen LogP contribution in [-0.2, 0) is 28.7 Å². The Balaban J connectivity index is 1.33. The summed E-state index contributed by atoms with van der Waals surface area (Å²) in [6, 6.07) is 21.5. The Hall–Kier alpha value is -4.80. The summed E-state index contributed by atoms with van der Waals surface area (Å²) in [7, 11) is 1.70. The minimum Gasteiger partial charge on any atom is -0.455 e. The molecule has 6 rings (SSSR count). The first-order valence-electron chi connectivity index (χ1n) is 18.3. The first kappa shape index (κ1) is 37.0. The normalized spacial score (nSPS) is 24.3. The van der Waals surface area contributed by atoms with E-state index in [1.807, 2.05) is 79.7 Å². The first-order valence-corrected chi connectivity index (χ1v) is 18.3. The van der Waals surface area contributed by atoms with E-state index in [9.17, 15) is 24.3 Å². The van der Waals surface area contributed by atoms with Crippen LogP contribution in [-0.4, -0.2) is 89.1 Å². The number of rotatable bonds is 16. The second-order valence-electron chi connectivity index (χ2n) is 14.1. The molecule has 3 fully saturated rings. The summed E-state index contributed by atoms with van der Waals surface area (Å²) in [5.74, 6) is -3.18. The van der Waals surface area contributed by atoms with Crippen molar-refractivity contribution in [3.05, 3.63) is 104 Å². The summed E-state index contributed by atoms with van der Waals surface area (Å²) < 4.78 is 13.1. The number of aliphatic hydroxyl groups excluding tert-OH is 1. The lowest BCUT2D eigenvalue weighted by atomic mass is 9.70. The predicted molar refractivity (Wildman–Crippen MR) is 199 cm³/mol. The summed E-state index contributed by atoms with van der Waals surface area (Å²) in [5, 5.41) is 11.6. The fraction of sp³-hybridized carbons (Fsp3) is 0.429. The largest absolute Gasteiger partial charge is 0.455 e. The number of carbonyl (C=O) groups excluding carboxylic acids is 4. The summed E-state index contributed by atoms with van der Waals surface area (Å²) in [6.45, 7) is 9.86. The predicted octanol–water partition coefficient (Wildman–Crippen LogP) is 5.60. The highest BCUT2D eigenvalue weighted by Gasteiger charge is 2.75. The van der Waals surface area contributed by atoms with Gasteiger partial charge < -0.3 is 29.3 Å². The SMILES string of the molecule is C=CCCC(=O)N(C)[C@@H](C)[C@@H](OC(=O)[C@@H]1[C@@H]2CC[C@]3(O2)[C@H](C(=O)N(CC=C)c2ccc4ccccc4c2)N(CCCCO)C(=O)[C@@H]13)c1ccccc1. The third-order valence-corrected chi connectivity index (χ3v) is 11.1. The number of anilines is 1. The minimum atomic E-state index is -1.23. The number of ether oxygens (including phenoxy) is 2. The number of nitrogens with zero attached hydrogens (tertiary/aromatic N) is 3. The van der Waals surface area contributed by atoms with Crippen LogP contribution in [0.25, 0.3) is 10.8 Å². The van der Waals surface area contributed by atoms with E-state index >= 15 is 0 Å². The standard InChI is InChI=1S/C42H49N3O7/c1-5-7-19-34(47)43(4)28(3)37(30-16-9-8-10-17-30)51-41(50)35-33-22-23-42(52-33)36(35)39(48)45(25-13-14-26-46)38(42)40(49)44(24-6-2)32-21-20-29-15-11-12-18-31(29)27-32/h5-6,8-12,15-18,20-21,27-28,33,35-38,46H,1-2,7,13-14,19,22-26H2,3-4H3/t28-,33-,35+,36+,37+,38-,42+/m0/s1. The van der Waals surface area contributed by atoms with E-state index in [1.165, 1.54) is 0 Å². The van der Waals surface area contributed by atoms with Gasteiger partial charge in [-0.2, -0.15) is 0 Å². The Bertz CT molecular complexity index is 1810. The number of carbonyl (C=O) groups is 4. The zero-order valence-corrected chi connectivity index (χ0v) is 30.1. The molecule has 3 amide bonds. The van der Waals surface area contributed by atoms with E-state index in [1.54, 1.807) is 33.9 Å². The van der Waals surface area contributed by atoms with Crippen molar-refractivity contribution >= 4 is 40.2 Å². The molecule has 1 N–H and O–H groups in total. The molecule has 0 aliphatic carbocycles. The van der Waals surface area contributed by atoms with E-state index in [0.29, 0.717) is 37.8 Å². The third-order valence-electron chi connectivity index (χ3n) is 11.1. The van der Waals surface area contributed by atoms with Crippen molar-refractivity contribution in [1.82, 2.24) is 9.80 Å². The van der Waals surface area contributed by atoms with Crippen LogP contribution in [0, 0.1) is 11.8 Å². The Morgan fingerprint density at radius 3 is 2.48 bits per heavy atom. The fourth-order valence-electron chi connectivity index (χ4n) is 8.40. The van der Waals surface area contributed by atoms with Crippen LogP contribution in [0.1, 0.15) is 57.1 Å². The molecule has 274 valence electrons. The van der Waals surface area contributed by atoms with Crippen LogP contribution < -0.4 is 4.90 Å². The monoisotopic (exact) mass is 707 g/mol. The maximum Gasteiger partial charge on any atom is 0.313 e. The summed E-state index contributed by atoms with van der Waals surface area (Å²) in [5.41, 5.74) is 0.155. The van der Waals surface area contributed by atoms with E-state index < -0.39 is 47.7 Å². The van der Waals surface area contributed by atoms with Crippen molar-refractivity contribution in [3.8, 4) is 0 Å². The minimum absolute atomic E-state index is 0.0496. The number of fused-ring (bicyclic) bond motifs is 2. The lowest BCUT2D eigenvalue weighted by Gasteiger charge is -2.37. The number of likely N-dealkylation sites (tertiary alicyclic amines) is 1. The van der Waals surface area contributed by atoms with Crippen LogP contribution in [0.4, 0.5) is 5.69 Å². The molecule has 7 atom stereocenters. The second kappa shape index (κ2) is 15.8. The van der Waals surface area contributed by atoms with Gasteiger partial charge in [-0.15, -0.1) is 13.2 Å². The van der Waals surface area contributed by atoms with Crippen LogP contribution in [0.5, 0.6) is 0 Å². The quantitative estimate of drug-likeness (QED) is 0.117. The molecule has 3 aromatic rings. The topological polar surface area (TPSA) is 117 Å². The highest BCUT2D eigenvalue weighted by Crippen LogP contribution is 2.59. The Morgan fingerprint density at radius 1 is 1.04 bits per heavy atom. The molecule has 3 saturated heterocycles. The van der Waals surface area contributed by atoms with Gasteiger partial charge in [-0.3, -0.25) is 19.2 Å². The number of esters is 1. The fourth-order valence-corrected chi connectivity index (χ4v) is 8.40. The number of hydrogen-bond acceptors (Lipinski definition) is 7. The van der Waals surface area contributed by atoms with Gasteiger partial charge in [-0.1, -0.05) is 72.8 Å². The van der Waals surface area contributed by atoms with Gasteiger partial charge >= 0.3 is 5.97 Å². The Morgan fingerprint density at radius 2 is 1.77 bits per heavy atom. The van der Waals surface area contributed by atoms with Crippen molar-refractivity contribution < 1.29 is 33.8 Å². The number of benzene rings is 3. The molecule has 0 radical (unpaired) electrons. The Kier molecular flexibility index (Phi) is 11.3. The Labute approximate surface area is 305 Å². The molecule has 2 bridgehead atoms. The zero-order chi connectivity index (χ0) is 37.0. The molecular weight excluding hydrogens is 658 g/mol. The number of amides is 3. The van der Waals surface area contributed by atoms with Gasteiger partial charge in [0.2, 0.25) is 11.8 Å². The molecule has 3 heterocycles. The highest BCUT2D eigenvalue weighted by atomic mass is 16.6. The summed E-state index contributed by atoms with van der Waals surface area (Å²) in [6.07, 6.45) is 4.59. The number of likely N-dealkylation sites (N-methyl/N-ethyl adjacent to an activating group) is 1. The maximum absolute atomic E-state index is 14.9. The number of unbranched alkanes of at least 4 members (excludes halogenated alkanes) is 1. The second-order valence-corrected chi connectivity index (χ2v) is 14.1. The van der Waals surface area contributed by atoms with E-state index in [0.717, 1.165) is 16.3 Å². The van der Waals surface area contributed by atoms with Crippen LogP contribution in [0.3, 0.4) is 0 Å². The highest BCUT2D eigenvalue weighted by molar-refractivity contribution is 6.05. The molecule has 0 unspecified atom stereocenters. The van der Waals surface area contributed by atoms with Crippen molar-refractivity contribution in [2.45, 2.75) is 75.3 Å². The lowest BCUT2D eigenvalue weighted by Crippen LogP contribution is -2.56. The average Bonchev–Trinajstić information content (AvgIpc) is 3.81. The van der Waals surface area contributed by atoms with E-state index in [4.69, 9.17) is 9.47 Å². The van der Waals surface area contributed by atoms with E-state index in [-0.39, 0.29) is 43.8 Å². The molecule has 10 heteroatoms. The molecule has 10 nitrogen and oxygen atoms in total. The number of hydrogen-bond donors (Lipinski definition) is 1. The summed E-state index contributed by atoms with van der Waals surface area (Å²) in [4.78, 5) is 61.8. The van der Waals surface area contributed by atoms with Gasteiger partial charge in [0.15, 0.2) is 0 Å². The number of allylic oxidation sites excluding steroid dienone is 1. The molecule has 0 saturated carbocycles. The van der Waals surface area contributed by atoms with Crippen LogP contribution >= 0.6 is 0 Å². The van der Waals surface area contributed by atoms with Gasteiger partial charge in [0.25, 0.3) is 5.91 Å².